The lowest BCUT2D eigenvalue weighted by molar-refractivity contribution is 0.497. The second kappa shape index (κ2) is 4.79. The Balaban J connectivity index is 2.22. The highest BCUT2D eigenvalue weighted by atomic mass is 32.2. The van der Waals surface area contributed by atoms with Gasteiger partial charge in [-0.3, -0.25) is 0 Å². The van der Waals surface area contributed by atoms with Gasteiger partial charge in [-0.15, -0.1) is 0 Å². The summed E-state index contributed by atoms with van der Waals surface area (Å²) in [4.78, 5) is -0.478. The van der Waals surface area contributed by atoms with Gasteiger partial charge in [0.05, 0.1) is 12.8 Å². The van der Waals surface area contributed by atoms with E-state index < -0.39 is 20.7 Å². The van der Waals surface area contributed by atoms with Crippen molar-refractivity contribution in [2.45, 2.75) is 11.4 Å². The van der Waals surface area contributed by atoms with Crippen LogP contribution in [0.5, 0.6) is 0 Å². The Kier molecular flexibility index (Phi) is 3.35. The standard InChI is InChI=1S/C11H11FN2O3S/c12-10-4-3-8(13)6-11(10)18(15,16)14-7-9-2-1-5-17-9/h1-6,14H,7,13H2. The normalized spacial score (nSPS) is 11.6. The fourth-order valence-corrected chi connectivity index (χ4v) is 2.49. The molecule has 0 spiro atoms. The molecule has 96 valence electrons. The molecule has 0 bridgehead atoms. The summed E-state index contributed by atoms with van der Waals surface area (Å²) >= 11 is 0. The van der Waals surface area contributed by atoms with Gasteiger partial charge in [0.25, 0.3) is 0 Å². The van der Waals surface area contributed by atoms with Crippen LogP contribution in [-0.4, -0.2) is 8.42 Å². The number of furan rings is 1. The maximum Gasteiger partial charge on any atom is 0.243 e. The fraction of sp³-hybridized carbons (Fsp3) is 0.0909. The minimum atomic E-state index is -3.95. The topological polar surface area (TPSA) is 85.3 Å². The van der Waals surface area contributed by atoms with E-state index in [1.807, 2.05) is 0 Å². The van der Waals surface area contributed by atoms with Crippen LogP contribution in [0.25, 0.3) is 0 Å². The molecule has 18 heavy (non-hydrogen) atoms. The summed E-state index contributed by atoms with van der Waals surface area (Å²) in [5, 5.41) is 0. The van der Waals surface area contributed by atoms with Gasteiger partial charge in [-0.1, -0.05) is 0 Å². The van der Waals surface area contributed by atoms with E-state index in [4.69, 9.17) is 10.2 Å². The average Bonchev–Trinajstić information content (AvgIpc) is 2.83. The molecule has 0 unspecified atom stereocenters. The number of benzene rings is 1. The highest BCUT2D eigenvalue weighted by Gasteiger charge is 2.19. The van der Waals surface area contributed by atoms with Crippen molar-refractivity contribution in [3.05, 3.63) is 48.2 Å². The molecule has 1 heterocycles. The molecule has 1 aromatic carbocycles. The molecule has 7 heteroatoms. The third-order valence-electron chi connectivity index (χ3n) is 2.26. The molecule has 0 radical (unpaired) electrons. The van der Waals surface area contributed by atoms with Gasteiger partial charge in [0.2, 0.25) is 10.0 Å². The molecule has 0 saturated heterocycles. The van der Waals surface area contributed by atoms with E-state index in [0.717, 1.165) is 12.1 Å². The predicted molar refractivity (Wildman–Crippen MR) is 63.5 cm³/mol. The molecule has 0 atom stereocenters. The molecular formula is C11H11FN2O3S. The summed E-state index contributed by atoms with van der Waals surface area (Å²) in [5.74, 6) is -0.418. The van der Waals surface area contributed by atoms with Crippen LogP contribution >= 0.6 is 0 Å². The minimum absolute atomic E-state index is 0.0520. The Labute approximate surface area is 103 Å². The number of hydrogen-bond acceptors (Lipinski definition) is 4. The molecule has 5 nitrogen and oxygen atoms in total. The average molecular weight is 270 g/mol. The third-order valence-corrected chi connectivity index (χ3v) is 3.68. The number of hydrogen-bond donors (Lipinski definition) is 2. The van der Waals surface area contributed by atoms with Crippen molar-refractivity contribution in [1.82, 2.24) is 4.72 Å². The van der Waals surface area contributed by atoms with Crippen LogP contribution in [0.3, 0.4) is 0 Å². The Morgan fingerprint density at radius 3 is 2.78 bits per heavy atom. The summed E-state index contributed by atoms with van der Waals surface area (Å²) in [6.45, 7) is -0.0520. The first-order chi connectivity index (χ1) is 8.49. The number of nitrogens with two attached hydrogens (primary N) is 1. The molecular weight excluding hydrogens is 259 g/mol. The van der Waals surface area contributed by atoms with Gasteiger partial charge in [-0.05, 0) is 30.3 Å². The molecule has 2 aromatic rings. The maximum atomic E-state index is 13.4. The van der Waals surface area contributed by atoms with Gasteiger partial charge in [-0.25, -0.2) is 17.5 Å². The molecule has 0 fully saturated rings. The van der Waals surface area contributed by atoms with Crippen molar-refractivity contribution >= 4 is 15.7 Å². The quantitative estimate of drug-likeness (QED) is 0.824. The van der Waals surface area contributed by atoms with Gasteiger partial charge in [-0.2, -0.15) is 0 Å². The lowest BCUT2D eigenvalue weighted by atomic mass is 10.3. The van der Waals surface area contributed by atoms with Crippen LogP contribution in [0, 0.1) is 5.82 Å². The highest BCUT2D eigenvalue weighted by Crippen LogP contribution is 2.17. The van der Waals surface area contributed by atoms with E-state index in [1.165, 1.54) is 12.3 Å². The van der Waals surface area contributed by atoms with Crippen LogP contribution in [-0.2, 0) is 16.6 Å². The number of anilines is 1. The third kappa shape index (κ3) is 2.69. The fourth-order valence-electron chi connectivity index (χ4n) is 1.38. The number of halogens is 1. The van der Waals surface area contributed by atoms with Gasteiger partial charge in [0, 0.05) is 5.69 Å². The summed E-state index contributed by atoms with van der Waals surface area (Å²) in [6, 6.07) is 6.61. The number of nitrogens with one attached hydrogen (secondary N) is 1. The van der Waals surface area contributed by atoms with E-state index >= 15 is 0 Å². The lowest BCUT2D eigenvalue weighted by Gasteiger charge is -2.07. The van der Waals surface area contributed by atoms with Crippen molar-refractivity contribution in [1.29, 1.82) is 0 Å². The maximum absolute atomic E-state index is 13.4. The molecule has 0 aliphatic heterocycles. The molecule has 0 amide bonds. The first-order valence-electron chi connectivity index (χ1n) is 5.06. The van der Waals surface area contributed by atoms with E-state index in [0.29, 0.717) is 5.76 Å². The Bertz CT molecular complexity index is 638. The monoisotopic (exact) mass is 270 g/mol. The van der Waals surface area contributed by atoms with E-state index in [9.17, 15) is 12.8 Å². The van der Waals surface area contributed by atoms with Crippen molar-refractivity contribution in [2.24, 2.45) is 0 Å². The van der Waals surface area contributed by atoms with Crippen LogP contribution in [0.1, 0.15) is 5.76 Å². The first kappa shape index (κ1) is 12.6. The minimum Gasteiger partial charge on any atom is -0.468 e. The van der Waals surface area contributed by atoms with Crippen molar-refractivity contribution < 1.29 is 17.2 Å². The molecule has 1 aromatic heterocycles. The van der Waals surface area contributed by atoms with Gasteiger partial charge >= 0.3 is 0 Å². The zero-order valence-electron chi connectivity index (χ0n) is 9.26. The number of rotatable bonds is 4. The van der Waals surface area contributed by atoms with E-state index in [2.05, 4.69) is 4.72 Å². The van der Waals surface area contributed by atoms with Gasteiger partial charge in [0.1, 0.15) is 16.5 Å². The highest BCUT2D eigenvalue weighted by molar-refractivity contribution is 7.89. The van der Waals surface area contributed by atoms with Crippen molar-refractivity contribution in [3.8, 4) is 0 Å². The first-order valence-corrected chi connectivity index (χ1v) is 6.54. The van der Waals surface area contributed by atoms with Gasteiger partial charge in [0.15, 0.2) is 0 Å². The van der Waals surface area contributed by atoms with Crippen LogP contribution in [0.15, 0.2) is 45.9 Å². The zero-order valence-corrected chi connectivity index (χ0v) is 10.1. The Hall–Kier alpha value is -1.86. The Morgan fingerprint density at radius 1 is 1.33 bits per heavy atom. The van der Waals surface area contributed by atoms with Crippen LogP contribution in [0.2, 0.25) is 0 Å². The van der Waals surface area contributed by atoms with Crippen molar-refractivity contribution in [2.75, 3.05) is 5.73 Å². The van der Waals surface area contributed by atoms with E-state index in [-0.39, 0.29) is 12.2 Å². The second-order valence-electron chi connectivity index (χ2n) is 3.59. The predicted octanol–water partition coefficient (Wildman–Crippen LogP) is 1.48. The largest absolute Gasteiger partial charge is 0.468 e. The smallest absolute Gasteiger partial charge is 0.243 e. The molecule has 0 aliphatic rings. The zero-order chi connectivity index (χ0) is 13.2. The lowest BCUT2D eigenvalue weighted by Crippen LogP contribution is -2.24. The summed E-state index contributed by atoms with van der Waals surface area (Å²) in [7, 11) is -3.95. The number of sulfonamides is 1. The summed E-state index contributed by atoms with van der Waals surface area (Å²) in [5.41, 5.74) is 5.61. The molecule has 2 rings (SSSR count). The molecule has 0 aliphatic carbocycles. The number of nitrogen functional groups attached to an aromatic ring is 1. The van der Waals surface area contributed by atoms with E-state index in [1.54, 1.807) is 12.1 Å². The molecule has 0 saturated carbocycles. The SMILES string of the molecule is Nc1ccc(F)c(S(=O)(=O)NCc2ccco2)c1. The summed E-state index contributed by atoms with van der Waals surface area (Å²) in [6.07, 6.45) is 1.42. The Morgan fingerprint density at radius 2 is 2.11 bits per heavy atom. The van der Waals surface area contributed by atoms with Crippen LogP contribution in [0.4, 0.5) is 10.1 Å². The van der Waals surface area contributed by atoms with Crippen LogP contribution < -0.4 is 10.5 Å². The summed E-state index contributed by atoms with van der Waals surface area (Å²) < 4.78 is 44.3. The van der Waals surface area contributed by atoms with Gasteiger partial charge < -0.3 is 10.2 Å². The molecule has 3 N–H and O–H groups in total. The second-order valence-corrected chi connectivity index (χ2v) is 5.33. The van der Waals surface area contributed by atoms with Crippen molar-refractivity contribution in [3.63, 3.8) is 0 Å².